The molecule has 0 atom stereocenters. The SMILES string of the molecule is COc1cccc(CN(C(=O)C2CCN(c3ccc(C=O)cc3)CC2)C23CC4CC(CC(C4)C2)C3)c1. The summed E-state index contributed by atoms with van der Waals surface area (Å²) in [6.07, 6.45) is 10.4. The van der Waals surface area contributed by atoms with Crippen LogP contribution in [-0.4, -0.2) is 42.8 Å². The van der Waals surface area contributed by atoms with Crippen LogP contribution in [0.2, 0.25) is 0 Å². The first-order chi connectivity index (χ1) is 17.5. The zero-order valence-electron chi connectivity index (χ0n) is 21.4. The van der Waals surface area contributed by atoms with Crippen molar-refractivity contribution in [2.45, 2.75) is 63.5 Å². The molecule has 1 heterocycles. The van der Waals surface area contributed by atoms with Crippen molar-refractivity contribution in [3.05, 3.63) is 59.7 Å². The number of nitrogens with zero attached hydrogens (tertiary/aromatic N) is 2. The number of piperidine rings is 1. The van der Waals surface area contributed by atoms with Gasteiger partial charge in [0.15, 0.2) is 0 Å². The Morgan fingerprint density at radius 2 is 1.64 bits per heavy atom. The summed E-state index contributed by atoms with van der Waals surface area (Å²) in [6, 6.07) is 16.1. The maximum absolute atomic E-state index is 14.3. The van der Waals surface area contributed by atoms with Gasteiger partial charge in [0.1, 0.15) is 12.0 Å². The summed E-state index contributed by atoms with van der Waals surface area (Å²) in [5.41, 5.74) is 3.05. The van der Waals surface area contributed by atoms with E-state index in [1.54, 1.807) is 7.11 Å². The third kappa shape index (κ3) is 4.42. The van der Waals surface area contributed by atoms with E-state index in [0.717, 1.165) is 61.4 Å². The van der Waals surface area contributed by atoms with Gasteiger partial charge < -0.3 is 14.5 Å². The molecule has 2 aromatic carbocycles. The van der Waals surface area contributed by atoms with E-state index in [1.165, 1.54) is 44.1 Å². The van der Waals surface area contributed by atoms with Crippen LogP contribution in [0.15, 0.2) is 48.5 Å². The minimum Gasteiger partial charge on any atom is -0.497 e. The van der Waals surface area contributed by atoms with Gasteiger partial charge in [-0.3, -0.25) is 9.59 Å². The van der Waals surface area contributed by atoms with Crippen molar-refractivity contribution < 1.29 is 14.3 Å². The molecule has 5 nitrogen and oxygen atoms in total. The van der Waals surface area contributed by atoms with Crippen molar-refractivity contribution in [1.29, 1.82) is 0 Å². The molecule has 1 saturated heterocycles. The fourth-order valence-electron chi connectivity index (χ4n) is 8.20. The minimum atomic E-state index is 0.0384. The lowest BCUT2D eigenvalue weighted by Crippen LogP contribution is -2.62. The molecule has 5 heteroatoms. The number of anilines is 1. The molecule has 190 valence electrons. The lowest BCUT2D eigenvalue weighted by molar-refractivity contribution is -0.157. The summed E-state index contributed by atoms with van der Waals surface area (Å²) >= 11 is 0. The van der Waals surface area contributed by atoms with Gasteiger partial charge in [-0.15, -0.1) is 0 Å². The van der Waals surface area contributed by atoms with E-state index in [1.807, 2.05) is 36.4 Å². The molecule has 0 N–H and O–H groups in total. The van der Waals surface area contributed by atoms with E-state index in [4.69, 9.17) is 4.74 Å². The molecular formula is C31H38N2O3. The molecule has 7 rings (SSSR count). The van der Waals surface area contributed by atoms with Crippen LogP contribution in [0.25, 0.3) is 0 Å². The van der Waals surface area contributed by atoms with Gasteiger partial charge in [-0.1, -0.05) is 12.1 Å². The zero-order chi connectivity index (χ0) is 24.7. The van der Waals surface area contributed by atoms with E-state index in [9.17, 15) is 9.59 Å². The fraction of sp³-hybridized carbons (Fsp3) is 0.548. The number of hydrogen-bond acceptors (Lipinski definition) is 4. The molecule has 1 aliphatic heterocycles. The molecule has 4 aliphatic carbocycles. The summed E-state index contributed by atoms with van der Waals surface area (Å²) in [5, 5.41) is 0. The predicted molar refractivity (Wildman–Crippen MR) is 141 cm³/mol. The molecule has 0 radical (unpaired) electrons. The van der Waals surface area contributed by atoms with E-state index in [-0.39, 0.29) is 11.5 Å². The topological polar surface area (TPSA) is 49.9 Å². The smallest absolute Gasteiger partial charge is 0.226 e. The Bertz CT molecular complexity index is 1070. The molecule has 4 saturated carbocycles. The monoisotopic (exact) mass is 486 g/mol. The normalized spacial score (nSPS) is 29.2. The van der Waals surface area contributed by atoms with Crippen LogP contribution in [0, 0.1) is 23.7 Å². The number of carbonyl (C=O) groups excluding carboxylic acids is 2. The van der Waals surface area contributed by atoms with Crippen LogP contribution in [0.3, 0.4) is 0 Å². The van der Waals surface area contributed by atoms with Gasteiger partial charge in [0.2, 0.25) is 5.91 Å². The summed E-state index contributed by atoms with van der Waals surface area (Å²) in [6.45, 7) is 2.45. The van der Waals surface area contributed by atoms with Crippen molar-refractivity contribution in [3.8, 4) is 5.75 Å². The van der Waals surface area contributed by atoms with Crippen LogP contribution in [0.1, 0.15) is 67.3 Å². The second kappa shape index (κ2) is 9.57. The molecule has 0 unspecified atom stereocenters. The van der Waals surface area contributed by atoms with Crippen molar-refractivity contribution in [2.24, 2.45) is 23.7 Å². The lowest BCUT2D eigenvalue weighted by Gasteiger charge is -2.61. The Balaban J connectivity index is 1.22. The highest BCUT2D eigenvalue weighted by Crippen LogP contribution is 2.58. The molecular weight excluding hydrogens is 448 g/mol. The zero-order valence-corrected chi connectivity index (χ0v) is 21.4. The van der Waals surface area contributed by atoms with Gasteiger partial charge >= 0.3 is 0 Å². The fourth-order valence-corrected chi connectivity index (χ4v) is 8.20. The lowest BCUT2D eigenvalue weighted by atomic mass is 9.52. The molecule has 2 aromatic rings. The second-order valence-corrected chi connectivity index (χ2v) is 11.9. The van der Waals surface area contributed by atoms with E-state index in [0.29, 0.717) is 18.0 Å². The number of aldehydes is 1. The van der Waals surface area contributed by atoms with Gasteiger partial charge in [0.05, 0.1) is 7.11 Å². The largest absolute Gasteiger partial charge is 0.497 e. The molecule has 4 bridgehead atoms. The highest BCUT2D eigenvalue weighted by Gasteiger charge is 2.55. The Hall–Kier alpha value is -2.82. The number of rotatable bonds is 7. The van der Waals surface area contributed by atoms with Gasteiger partial charge in [0, 0.05) is 42.3 Å². The second-order valence-electron chi connectivity index (χ2n) is 11.9. The van der Waals surface area contributed by atoms with Crippen molar-refractivity contribution in [3.63, 3.8) is 0 Å². The first-order valence-corrected chi connectivity index (χ1v) is 13.8. The summed E-state index contributed by atoms with van der Waals surface area (Å²) in [4.78, 5) is 30.1. The number of hydrogen-bond donors (Lipinski definition) is 0. The average Bonchev–Trinajstić information content (AvgIpc) is 2.91. The number of ether oxygens (including phenoxy) is 1. The third-order valence-corrected chi connectivity index (χ3v) is 9.56. The van der Waals surface area contributed by atoms with Crippen molar-refractivity contribution >= 4 is 17.9 Å². The summed E-state index contributed by atoms with van der Waals surface area (Å²) < 4.78 is 5.50. The quantitative estimate of drug-likeness (QED) is 0.470. The number of benzene rings is 2. The van der Waals surface area contributed by atoms with Crippen molar-refractivity contribution in [2.75, 3.05) is 25.1 Å². The van der Waals surface area contributed by atoms with Crippen LogP contribution >= 0.6 is 0 Å². The predicted octanol–water partition coefficient (Wildman–Crippen LogP) is 5.72. The Labute approximate surface area is 214 Å². The molecule has 36 heavy (non-hydrogen) atoms. The van der Waals surface area contributed by atoms with Gasteiger partial charge in [-0.2, -0.15) is 0 Å². The number of carbonyl (C=O) groups is 2. The van der Waals surface area contributed by atoms with Crippen molar-refractivity contribution in [1.82, 2.24) is 4.90 Å². The summed E-state index contributed by atoms with van der Waals surface area (Å²) in [7, 11) is 1.71. The highest BCUT2D eigenvalue weighted by molar-refractivity contribution is 5.80. The van der Waals surface area contributed by atoms with E-state index in [2.05, 4.69) is 21.9 Å². The minimum absolute atomic E-state index is 0.0384. The van der Waals surface area contributed by atoms with Gasteiger partial charge in [-0.25, -0.2) is 0 Å². The first-order valence-electron chi connectivity index (χ1n) is 13.8. The molecule has 0 spiro atoms. The van der Waals surface area contributed by atoms with Gasteiger partial charge in [-0.05, 0) is 111 Å². The average molecular weight is 487 g/mol. The standard InChI is InChI=1S/C31H38N2O3/c1-36-29-4-2-3-23(16-29)20-33(31-17-24-13-25(18-31)15-26(14-24)19-31)30(35)27-9-11-32(12-10-27)28-7-5-22(21-34)6-8-28/h2-8,16,21,24-27H,9-15,17-20H2,1H3. The van der Waals surface area contributed by atoms with E-state index >= 15 is 0 Å². The maximum atomic E-state index is 14.3. The molecule has 5 aliphatic rings. The molecule has 1 amide bonds. The molecule has 5 fully saturated rings. The Kier molecular flexibility index (Phi) is 6.27. The highest BCUT2D eigenvalue weighted by atomic mass is 16.5. The Morgan fingerprint density at radius 3 is 2.22 bits per heavy atom. The van der Waals surface area contributed by atoms with Crippen LogP contribution in [0.4, 0.5) is 5.69 Å². The Morgan fingerprint density at radius 1 is 1.00 bits per heavy atom. The molecule has 0 aromatic heterocycles. The maximum Gasteiger partial charge on any atom is 0.226 e. The summed E-state index contributed by atoms with van der Waals surface area (Å²) in [5.74, 6) is 3.71. The van der Waals surface area contributed by atoms with E-state index < -0.39 is 0 Å². The number of methoxy groups -OCH3 is 1. The van der Waals surface area contributed by atoms with Crippen LogP contribution < -0.4 is 9.64 Å². The first kappa shape index (κ1) is 23.6. The number of amides is 1. The third-order valence-electron chi connectivity index (χ3n) is 9.56. The van der Waals surface area contributed by atoms with Crippen LogP contribution in [0.5, 0.6) is 5.75 Å². The van der Waals surface area contributed by atoms with Gasteiger partial charge in [0.25, 0.3) is 0 Å². The van der Waals surface area contributed by atoms with Crippen LogP contribution in [-0.2, 0) is 11.3 Å².